The number of rotatable bonds is 6. The van der Waals surface area contributed by atoms with Gasteiger partial charge in [-0.3, -0.25) is 9.69 Å². The third-order valence-corrected chi connectivity index (χ3v) is 9.24. The first-order valence-corrected chi connectivity index (χ1v) is 13.6. The molecular weight excluding hydrogens is 438 g/mol. The van der Waals surface area contributed by atoms with Crippen molar-refractivity contribution >= 4 is 15.9 Å². The van der Waals surface area contributed by atoms with Gasteiger partial charge < -0.3 is 9.80 Å². The molecule has 0 aromatic heterocycles. The largest absolute Gasteiger partial charge is 0.339 e. The zero-order valence-electron chi connectivity index (χ0n) is 19.4. The van der Waals surface area contributed by atoms with E-state index in [1.807, 2.05) is 6.07 Å². The Morgan fingerprint density at radius 3 is 2.21 bits per heavy atom. The van der Waals surface area contributed by atoms with Crippen LogP contribution in [0.1, 0.15) is 37.7 Å². The molecule has 3 aliphatic rings. The summed E-state index contributed by atoms with van der Waals surface area (Å²) in [4.78, 5) is 19.4. The van der Waals surface area contributed by atoms with E-state index in [4.69, 9.17) is 0 Å². The summed E-state index contributed by atoms with van der Waals surface area (Å²) in [7, 11) is -3.74. The number of hydrogen-bond acceptors (Lipinski definition) is 6. The topological polar surface area (TPSA) is 88.0 Å². The average molecular weight is 474 g/mol. The summed E-state index contributed by atoms with van der Waals surface area (Å²) in [6, 6.07) is 8.23. The summed E-state index contributed by atoms with van der Waals surface area (Å²) in [5.41, 5.74) is 0.152. The number of piperazine rings is 2. The van der Waals surface area contributed by atoms with Crippen molar-refractivity contribution < 1.29 is 13.2 Å². The molecule has 2 saturated heterocycles. The highest BCUT2D eigenvalue weighted by atomic mass is 32.2. The smallest absolute Gasteiger partial charge is 0.244 e. The molecule has 8 nitrogen and oxygen atoms in total. The van der Waals surface area contributed by atoms with Crippen molar-refractivity contribution in [2.24, 2.45) is 5.92 Å². The molecule has 9 heteroatoms. The summed E-state index contributed by atoms with van der Waals surface area (Å²) >= 11 is 0. The Bertz CT molecular complexity index is 955. The summed E-state index contributed by atoms with van der Waals surface area (Å²) in [6.45, 7) is 6.75. The van der Waals surface area contributed by atoms with Crippen molar-refractivity contribution in [1.29, 1.82) is 5.26 Å². The monoisotopic (exact) mass is 473 g/mol. The molecule has 1 aromatic rings. The van der Waals surface area contributed by atoms with Crippen LogP contribution in [0.25, 0.3) is 0 Å². The van der Waals surface area contributed by atoms with Crippen LogP contribution in [0.3, 0.4) is 0 Å². The summed E-state index contributed by atoms with van der Waals surface area (Å²) in [6.07, 6.45) is 6.86. The van der Waals surface area contributed by atoms with E-state index in [1.165, 1.54) is 55.1 Å². The Morgan fingerprint density at radius 1 is 0.909 bits per heavy atom. The van der Waals surface area contributed by atoms with Crippen molar-refractivity contribution in [3.63, 3.8) is 0 Å². The number of carbonyl (C=O) groups is 1. The van der Waals surface area contributed by atoms with E-state index >= 15 is 0 Å². The van der Waals surface area contributed by atoms with E-state index in [9.17, 15) is 18.5 Å². The lowest BCUT2D eigenvalue weighted by atomic mass is 9.89. The van der Waals surface area contributed by atoms with Gasteiger partial charge in [-0.15, -0.1) is 0 Å². The number of hydrogen-bond donors (Lipinski definition) is 0. The highest BCUT2D eigenvalue weighted by molar-refractivity contribution is 7.89. The van der Waals surface area contributed by atoms with Crippen molar-refractivity contribution in [3.05, 3.63) is 29.8 Å². The number of sulfonamides is 1. The first-order chi connectivity index (χ1) is 16.0. The van der Waals surface area contributed by atoms with Crippen molar-refractivity contribution in [2.45, 2.75) is 37.0 Å². The molecule has 0 bridgehead atoms. The quantitative estimate of drug-likeness (QED) is 0.624. The van der Waals surface area contributed by atoms with Gasteiger partial charge in [0, 0.05) is 58.9 Å². The van der Waals surface area contributed by atoms with Crippen LogP contribution in [0.5, 0.6) is 0 Å². The lowest BCUT2D eigenvalue weighted by Gasteiger charge is -2.38. The van der Waals surface area contributed by atoms with E-state index in [2.05, 4.69) is 9.80 Å². The zero-order chi connectivity index (χ0) is 23.3. The molecule has 3 fully saturated rings. The maximum atomic E-state index is 13.0. The fourth-order valence-electron chi connectivity index (χ4n) is 5.26. The van der Waals surface area contributed by atoms with Gasteiger partial charge in [-0.05, 0) is 30.9 Å². The first-order valence-electron chi connectivity index (χ1n) is 12.2. The predicted molar refractivity (Wildman–Crippen MR) is 126 cm³/mol. The van der Waals surface area contributed by atoms with E-state index < -0.39 is 10.0 Å². The van der Waals surface area contributed by atoms with Gasteiger partial charge in [-0.25, -0.2) is 8.42 Å². The molecule has 0 atom stereocenters. The van der Waals surface area contributed by atoms with E-state index in [0.29, 0.717) is 19.6 Å². The highest BCUT2D eigenvalue weighted by Crippen LogP contribution is 2.25. The molecule has 1 aliphatic carbocycles. The SMILES string of the molecule is N#Cc1ccccc1S(=O)(=O)N1CCN(C(=O)CN2CCN(CC3CCCCC3)CC2)CC1. The zero-order valence-corrected chi connectivity index (χ0v) is 20.2. The molecule has 1 saturated carbocycles. The minimum absolute atomic E-state index is 0.0402. The lowest BCUT2D eigenvalue weighted by molar-refractivity contribution is -0.134. The molecule has 0 unspecified atom stereocenters. The molecule has 1 amide bonds. The molecule has 0 radical (unpaired) electrons. The van der Waals surface area contributed by atoms with E-state index in [-0.39, 0.29) is 29.5 Å². The molecule has 2 heterocycles. The molecule has 33 heavy (non-hydrogen) atoms. The Kier molecular flexibility index (Phi) is 8.02. The minimum Gasteiger partial charge on any atom is -0.339 e. The first kappa shape index (κ1) is 24.1. The maximum absolute atomic E-state index is 13.0. The Morgan fingerprint density at radius 2 is 1.55 bits per heavy atom. The van der Waals surface area contributed by atoms with Crippen molar-refractivity contribution in [2.75, 3.05) is 65.4 Å². The Hall–Kier alpha value is -1.99. The Balaban J connectivity index is 1.22. The van der Waals surface area contributed by atoms with Crippen molar-refractivity contribution in [3.8, 4) is 6.07 Å². The number of nitriles is 1. The standard InChI is InChI=1S/C24H35N5O3S/c25-18-22-8-4-5-9-23(22)33(31,32)29-16-14-28(15-17-29)24(30)20-27-12-10-26(11-13-27)19-21-6-2-1-3-7-21/h4-5,8-9,21H,1-3,6-7,10-17,19-20H2. The maximum Gasteiger partial charge on any atom is 0.244 e. The fraction of sp³-hybridized carbons (Fsp3) is 0.667. The van der Waals surface area contributed by atoms with Gasteiger partial charge in [0.15, 0.2) is 0 Å². The Labute approximate surface area is 197 Å². The third-order valence-electron chi connectivity index (χ3n) is 7.28. The van der Waals surface area contributed by atoms with Gasteiger partial charge in [0.1, 0.15) is 6.07 Å². The van der Waals surface area contributed by atoms with Gasteiger partial charge in [-0.2, -0.15) is 9.57 Å². The van der Waals surface area contributed by atoms with Gasteiger partial charge in [0.05, 0.1) is 17.0 Å². The van der Waals surface area contributed by atoms with Crippen LogP contribution < -0.4 is 0 Å². The second-order valence-electron chi connectivity index (χ2n) is 9.47. The molecule has 0 N–H and O–H groups in total. The molecular formula is C24H35N5O3S. The number of amides is 1. The van der Waals surface area contributed by atoms with Crippen LogP contribution in [0.15, 0.2) is 29.2 Å². The average Bonchev–Trinajstić information content (AvgIpc) is 2.86. The fourth-order valence-corrected chi connectivity index (χ4v) is 6.82. The van der Waals surface area contributed by atoms with E-state index in [1.54, 1.807) is 17.0 Å². The van der Waals surface area contributed by atoms with Gasteiger partial charge in [-0.1, -0.05) is 31.4 Å². The normalized spacial score (nSPS) is 22.2. The van der Waals surface area contributed by atoms with Gasteiger partial charge in [0.25, 0.3) is 0 Å². The summed E-state index contributed by atoms with van der Waals surface area (Å²) < 4.78 is 27.4. The molecule has 1 aromatic carbocycles. The number of benzene rings is 1. The molecule has 2 aliphatic heterocycles. The predicted octanol–water partition coefficient (Wildman–Crippen LogP) is 1.59. The van der Waals surface area contributed by atoms with Crippen LogP contribution in [-0.2, 0) is 14.8 Å². The van der Waals surface area contributed by atoms with Crippen molar-refractivity contribution in [1.82, 2.24) is 19.0 Å². The number of nitrogens with zero attached hydrogens (tertiary/aromatic N) is 5. The van der Waals surface area contributed by atoms with Gasteiger partial charge >= 0.3 is 0 Å². The van der Waals surface area contributed by atoms with E-state index in [0.717, 1.165) is 32.1 Å². The van der Waals surface area contributed by atoms with Crippen LogP contribution in [0.2, 0.25) is 0 Å². The number of carbonyl (C=O) groups excluding carboxylic acids is 1. The van der Waals surface area contributed by atoms with Crippen LogP contribution in [0, 0.1) is 17.2 Å². The van der Waals surface area contributed by atoms with Crippen LogP contribution in [0.4, 0.5) is 0 Å². The van der Waals surface area contributed by atoms with Gasteiger partial charge in [0.2, 0.25) is 15.9 Å². The summed E-state index contributed by atoms with van der Waals surface area (Å²) in [5.74, 6) is 0.921. The van der Waals surface area contributed by atoms with Crippen LogP contribution >= 0.6 is 0 Å². The third kappa shape index (κ3) is 5.93. The lowest BCUT2D eigenvalue weighted by Crippen LogP contribution is -2.54. The molecule has 0 spiro atoms. The van der Waals surface area contributed by atoms with Crippen LogP contribution in [-0.4, -0.2) is 98.8 Å². The molecule has 4 rings (SSSR count). The second-order valence-corrected chi connectivity index (χ2v) is 11.4. The minimum atomic E-state index is -3.74. The highest BCUT2D eigenvalue weighted by Gasteiger charge is 2.32. The summed E-state index contributed by atoms with van der Waals surface area (Å²) in [5, 5.41) is 9.26. The molecule has 180 valence electrons. The second kappa shape index (κ2) is 11.0.